The Morgan fingerprint density at radius 3 is 1.81 bits per heavy atom. The molecule has 1 spiro atoms. The summed E-state index contributed by atoms with van der Waals surface area (Å²) in [5.41, 5.74) is 24.5. The van der Waals surface area contributed by atoms with Crippen molar-refractivity contribution < 1.29 is 106 Å². The van der Waals surface area contributed by atoms with Gasteiger partial charge in [0.15, 0.2) is 5.66 Å². The summed E-state index contributed by atoms with van der Waals surface area (Å²) in [7, 11) is 2.70. The number of aromatic nitrogens is 2. The predicted octanol–water partition coefficient (Wildman–Crippen LogP) is -1.08. The molecular formula is C91H125FN20O21. The number of unbranched alkanes of at least 4 members (excludes halogenated alkanes) is 2. The van der Waals surface area contributed by atoms with E-state index in [9.17, 15) is 62.9 Å². The summed E-state index contributed by atoms with van der Waals surface area (Å²) in [5, 5.41) is 54.0. The minimum Gasteiger partial charge on any atom is -0.481 e. The number of aliphatic hydroxyl groups excluding tert-OH is 1. The Labute approximate surface area is 767 Å². The minimum atomic E-state index is -1.94. The monoisotopic (exact) mass is 1850 g/mol. The maximum atomic E-state index is 15.9. The molecule has 41 nitrogen and oxygen atoms in total. The lowest BCUT2D eigenvalue weighted by Gasteiger charge is -2.39. The summed E-state index contributed by atoms with van der Waals surface area (Å²) in [6.45, 7) is 4.79. The van der Waals surface area contributed by atoms with E-state index < -0.39 is 254 Å². The van der Waals surface area contributed by atoms with Crippen LogP contribution in [0.4, 0.5) is 4.39 Å². The fourth-order valence-corrected chi connectivity index (χ4v) is 18.4. The van der Waals surface area contributed by atoms with Crippen LogP contribution in [0.2, 0.25) is 0 Å². The highest BCUT2D eigenvalue weighted by atomic mass is 19.1. The molecule has 10 rings (SSSR count). The van der Waals surface area contributed by atoms with Crippen LogP contribution in [-0.2, 0) is 112 Å². The molecule has 7 heterocycles. The van der Waals surface area contributed by atoms with Crippen molar-refractivity contribution >= 4 is 128 Å². The van der Waals surface area contributed by atoms with Gasteiger partial charge in [0, 0.05) is 113 Å². The number of nitrogens with two attached hydrogens (primary N) is 4. The van der Waals surface area contributed by atoms with Gasteiger partial charge in [-0.2, -0.15) is 0 Å². The van der Waals surface area contributed by atoms with E-state index in [1.165, 1.54) is 46.8 Å². The SMILES string of the molecule is CCCC[C@H]1C(=O)N(C)[C@@H](CCCC)C(=O)N[C@@H](CC(C)C)C(=O)N[C@H](C(N)=O)CCCC(=O)N[C@@H](Cc2ccc(F)cc2)C(=O)N2CCCC[C@@]23C(=O)N3[C@@H](CC(N)=O)C(=O)N2CCC[C@H]2C(=O)N[C@@H](CN)C(=O)N[C@@H](CCC(=O)O)C(=O)N2C[C@H](O)C[C@H]2C(=O)N[C@@H](Cc2c[nH]c3ccccc23)C(=O)N[C@@H](CCN)C(=O)N[C@@H](Cc2cn(CC(=O)O)c3ccccc23)C(=O)N1C. The molecule has 5 aliphatic rings. The van der Waals surface area contributed by atoms with Gasteiger partial charge in [-0.1, -0.05) is 102 Å². The van der Waals surface area contributed by atoms with E-state index in [0.717, 1.165) is 31.7 Å². The minimum absolute atomic E-state index is 0.0180. The van der Waals surface area contributed by atoms with Crippen LogP contribution >= 0.6 is 0 Å². The standard InChI is InChI=1S/C91H125FN20O21/c1-7-9-23-68-82(125)102-62(39-50(3)4)79(122)99-59(77(96)120)22-17-27-74(115)98-64(40-51-28-30-54(92)31-29-51)87(130)111-38-16-15-35-91(111)90(133)112(91)72(44-73(95)114)89(132)109-37-18-26-69(109)83(126)105-66(45-94)81(124)101-61(32-33-75(116)117)86(129)110-48-55(113)43-71(110)84(127)103-63(41-52-46-97-58-21-13-11-19-56(52)58)80(123)100-60(34-36-93)78(121)104-65(85(128)107(6)70(24-10-8-2)88(131)106(68)5)42-53-47-108(49-76(118)119)67-25-14-12-20-57(53)67/h11-14,19-21,25,28-31,46-47,50,55,59-66,68-72,97,113H,7-10,15-18,22-24,26-27,32-45,48-49,93-94H2,1-6H3,(H2,95,114)(H2,96,120)(H,98,115)(H,99,122)(H,100,123)(H,101,124)(H,102,125)(H,103,127)(H,104,121)(H,105,126)(H,116,117)(H,118,119)/t55-,59+,60+,61+,62+,63+,64+,65+,66+,68+,69+,70+,71+,72+,91-,112?/m1/s1. The van der Waals surface area contributed by atoms with E-state index in [1.807, 2.05) is 13.8 Å². The molecule has 42 heteroatoms. The van der Waals surface area contributed by atoms with Crippen LogP contribution in [0.25, 0.3) is 21.8 Å². The lowest BCUT2D eigenvalue weighted by Crippen LogP contribution is -2.61. The molecule has 0 saturated carbocycles. The number of nitrogens with zero attached hydrogens (tertiary/aromatic N) is 7. The number of carbonyl (C=O) groups is 18. The number of nitrogens with one attached hydrogen (secondary N) is 9. The Balaban J connectivity index is 1.03. The van der Waals surface area contributed by atoms with Gasteiger partial charge in [-0.3, -0.25) is 91.2 Å². The van der Waals surface area contributed by atoms with Crippen molar-refractivity contribution in [1.82, 2.24) is 81.5 Å². The van der Waals surface area contributed by atoms with E-state index in [0.29, 0.717) is 77.0 Å². The van der Waals surface area contributed by atoms with Gasteiger partial charge in [-0.05, 0) is 130 Å². The van der Waals surface area contributed by atoms with E-state index >= 15 is 43.2 Å². The number of likely N-dealkylation sites (N-methyl/N-ethyl adjacent to an activating group) is 2. The second-order valence-electron chi connectivity index (χ2n) is 35.4. The number of aliphatic carboxylic acids is 2. The molecule has 0 aliphatic carbocycles. The summed E-state index contributed by atoms with van der Waals surface area (Å²) < 4.78 is 15.9. The van der Waals surface area contributed by atoms with E-state index in [4.69, 9.17) is 22.9 Å². The zero-order valence-corrected chi connectivity index (χ0v) is 75.8. The van der Waals surface area contributed by atoms with Crippen LogP contribution in [0.3, 0.4) is 0 Å². The van der Waals surface area contributed by atoms with E-state index in [1.54, 1.807) is 68.6 Å². The first-order valence-corrected chi connectivity index (χ1v) is 45.5. The number of hydrogen-bond donors (Lipinski definition) is 16. The molecule has 16 amide bonds. The third-order valence-electron chi connectivity index (χ3n) is 25.4. The van der Waals surface area contributed by atoms with Gasteiger partial charge in [-0.25, -0.2) is 4.39 Å². The average Bonchev–Trinajstić information content (AvgIpc) is 1.52. The van der Waals surface area contributed by atoms with Crippen molar-refractivity contribution in [1.29, 1.82) is 0 Å². The van der Waals surface area contributed by atoms with Crippen LogP contribution in [0.1, 0.15) is 173 Å². The molecule has 0 radical (unpaired) electrons. The molecule has 2 aromatic heterocycles. The van der Waals surface area contributed by atoms with Gasteiger partial charge >= 0.3 is 11.9 Å². The number of rotatable bonds is 25. The number of carboxylic acid groups (broad SMARTS) is 2. The number of fused-ring (bicyclic) bond motifs is 4. The van der Waals surface area contributed by atoms with Gasteiger partial charge in [0.2, 0.25) is 88.6 Å². The number of carboxylic acids is 2. The second kappa shape index (κ2) is 46.4. The fourth-order valence-electron chi connectivity index (χ4n) is 18.4. The lowest BCUT2D eigenvalue weighted by atomic mass is 9.97. The average molecular weight is 1850 g/mol. The number of para-hydroxylation sites is 2. The van der Waals surface area contributed by atoms with Crippen molar-refractivity contribution in [2.45, 2.75) is 272 Å². The number of hydrogen-bond acceptors (Lipinski definition) is 21. The van der Waals surface area contributed by atoms with E-state index in [2.05, 4.69) is 47.5 Å². The van der Waals surface area contributed by atoms with Crippen LogP contribution in [0.15, 0.2) is 85.2 Å². The Kier molecular flexibility index (Phi) is 35.6. The molecule has 5 aliphatic heterocycles. The van der Waals surface area contributed by atoms with Crippen LogP contribution in [-0.4, -0.2) is 298 Å². The Hall–Kier alpha value is -13.0. The zero-order chi connectivity index (χ0) is 97.0. The summed E-state index contributed by atoms with van der Waals surface area (Å²) in [6.07, 6.45) is -1.22. The van der Waals surface area contributed by atoms with Crippen molar-refractivity contribution in [2.75, 3.05) is 46.8 Å². The maximum Gasteiger partial charge on any atom is 0.323 e. The lowest BCUT2D eigenvalue weighted by molar-refractivity contribution is -0.149. The second-order valence-corrected chi connectivity index (χ2v) is 35.4. The quantitative estimate of drug-likeness (QED) is 0.0309. The molecule has 15 atom stereocenters. The highest BCUT2D eigenvalue weighted by molar-refractivity contribution is 6.10. The van der Waals surface area contributed by atoms with Gasteiger partial charge in [0.25, 0.3) is 5.91 Å². The third kappa shape index (κ3) is 25.3. The molecule has 0 unspecified atom stereocenters. The highest BCUT2D eigenvalue weighted by Crippen LogP contribution is 2.48. The number of benzene rings is 3. The van der Waals surface area contributed by atoms with Crippen molar-refractivity contribution in [2.24, 2.45) is 28.9 Å². The number of primary amides is 2. The molecule has 722 valence electrons. The number of piperidine rings is 1. The van der Waals surface area contributed by atoms with Crippen LogP contribution in [0, 0.1) is 11.7 Å². The normalized spacial score (nSPS) is 26.3. The van der Waals surface area contributed by atoms with Crippen LogP contribution < -0.4 is 65.5 Å². The number of amides is 16. The Morgan fingerprint density at radius 2 is 1.15 bits per heavy atom. The van der Waals surface area contributed by atoms with Crippen molar-refractivity contribution in [3.05, 3.63) is 108 Å². The largest absolute Gasteiger partial charge is 0.481 e. The molecule has 20 N–H and O–H groups in total. The highest BCUT2D eigenvalue weighted by Gasteiger charge is 2.72. The Morgan fingerprint density at radius 1 is 0.549 bits per heavy atom. The summed E-state index contributed by atoms with van der Waals surface area (Å²) >= 11 is 0. The first kappa shape index (κ1) is 102. The number of carbonyl (C=O) groups excluding carboxylic acids is 16. The zero-order valence-electron chi connectivity index (χ0n) is 75.8. The first-order valence-electron chi connectivity index (χ1n) is 45.5. The summed E-state index contributed by atoms with van der Waals surface area (Å²) in [6, 6.07) is -2.06. The number of aromatic amines is 1. The third-order valence-corrected chi connectivity index (χ3v) is 25.4. The number of aliphatic hydroxyl groups is 1. The molecule has 5 saturated heterocycles. The molecule has 0 bridgehead atoms. The van der Waals surface area contributed by atoms with Crippen LogP contribution in [0.5, 0.6) is 0 Å². The smallest absolute Gasteiger partial charge is 0.323 e. The molecule has 133 heavy (non-hydrogen) atoms. The van der Waals surface area contributed by atoms with Crippen molar-refractivity contribution in [3.8, 4) is 0 Å². The molecule has 5 aromatic rings. The predicted molar refractivity (Wildman–Crippen MR) is 479 cm³/mol. The number of H-pyrrole nitrogens is 1. The first-order chi connectivity index (χ1) is 63.3. The summed E-state index contributed by atoms with van der Waals surface area (Å²) in [5.74, 6) is -18.8. The maximum absolute atomic E-state index is 15.9. The topological polar surface area (TPSA) is 608 Å². The molecule has 5 fully saturated rings. The van der Waals surface area contributed by atoms with E-state index in [-0.39, 0.29) is 103 Å². The Bertz CT molecular complexity index is 5140. The van der Waals surface area contributed by atoms with Gasteiger partial charge in [-0.15, -0.1) is 0 Å². The molecule has 3 aromatic carbocycles. The van der Waals surface area contributed by atoms with Gasteiger partial charge < -0.3 is 115 Å². The molecular weight excluding hydrogens is 1730 g/mol. The van der Waals surface area contributed by atoms with Crippen molar-refractivity contribution in [3.63, 3.8) is 0 Å². The summed E-state index contributed by atoms with van der Waals surface area (Å²) in [4.78, 5) is 273. The fraction of sp³-hybridized carbons (Fsp3) is 0.560. The van der Waals surface area contributed by atoms with Gasteiger partial charge in [0.05, 0.1) is 12.5 Å². The number of halogens is 1. The van der Waals surface area contributed by atoms with Gasteiger partial charge in [0.1, 0.15) is 90.9 Å².